The van der Waals surface area contributed by atoms with Gasteiger partial charge in [-0.3, -0.25) is 4.79 Å². The molecule has 0 amide bonds. The third kappa shape index (κ3) is 5.56. The third-order valence-electron chi connectivity index (χ3n) is 3.32. The van der Waals surface area contributed by atoms with E-state index >= 15 is 0 Å². The molecule has 2 nitrogen and oxygen atoms in total. The number of nitrogens with zero attached hydrogens (tertiary/aromatic N) is 1. The lowest BCUT2D eigenvalue weighted by molar-refractivity contribution is -0.131. The maximum atomic E-state index is 12.5. The third-order valence-corrected chi connectivity index (χ3v) is 3.32. The van der Waals surface area contributed by atoms with Crippen molar-refractivity contribution in [2.45, 2.75) is 33.6 Å². The zero-order chi connectivity index (χ0) is 14.5. The van der Waals surface area contributed by atoms with E-state index in [1.807, 2.05) is 40.9 Å². The molecule has 106 valence electrons. The van der Waals surface area contributed by atoms with Crippen LogP contribution in [0.1, 0.15) is 32.8 Å². The zero-order valence-corrected chi connectivity index (χ0v) is 12.9. The summed E-state index contributed by atoms with van der Waals surface area (Å²) < 4.78 is 0. The van der Waals surface area contributed by atoms with Crippen LogP contribution in [0, 0.1) is 11.3 Å². The lowest BCUT2D eigenvalue weighted by Gasteiger charge is -2.27. The average molecular weight is 261 g/mol. The van der Waals surface area contributed by atoms with Crippen LogP contribution in [0.2, 0.25) is 0 Å². The normalized spacial score (nSPS) is 13.6. The number of hydrogen-bond acceptors (Lipinski definition) is 2. The minimum atomic E-state index is -0.253. The molecule has 0 bridgehead atoms. The average Bonchev–Trinajstić information content (AvgIpc) is 2.33. The van der Waals surface area contributed by atoms with Crippen LogP contribution < -0.4 is 0 Å². The maximum absolute atomic E-state index is 12.5. The number of benzene rings is 1. The van der Waals surface area contributed by atoms with Gasteiger partial charge >= 0.3 is 0 Å². The first kappa shape index (κ1) is 15.9. The van der Waals surface area contributed by atoms with Crippen LogP contribution in [-0.2, 0) is 11.2 Å². The van der Waals surface area contributed by atoms with E-state index in [1.54, 1.807) is 0 Å². The Hall–Kier alpha value is -1.15. The van der Waals surface area contributed by atoms with Crippen LogP contribution in [-0.4, -0.2) is 31.3 Å². The fourth-order valence-corrected chi connectivity index (χ4v) is 2.34. The van der Waals surface area contributed by atoms with Gasteiger partial charge < -0.3 is 4.90 Å². The van der Waals surface area contributed by atoms with Crippen molar-refractivity contribution in [3.63, 3.8) is 0 Å². The van der Waals surface area contributed by atoms with Crippen molar-refractivity contribution in [2.24, 2.45) is 11.3 Å². The molecule has 0 fully saturated rings. The quantitative estimate of drug-likeness (QED) is 0.782. The number of aryl methyl sites for hydroxylation is 1. The molecule has 0 aliphatic heterocycles. The molecule has 0 saturated heterocycles. The molecule has 1 unspecified atom stereocenters. The maximum Gasteiger partial charge on any atom is 0.142 e. The predicted octanol–water partition coefficient (Wildman–Crippen LogP) is 3.41. The topological polar surface area (TPSA) is 20.3 Å². The smallest absolute Gasteiger partial charge is 0.142 e. The fraction of sp³-hybridized carbons (Fsp3) is 0.588. The number of ketones is 1. The molecule has 0 saturated carbocycles. The van der Waals surface area contributed by atoms with Gasteiger partial charge in [-0.05, 0) is 32.5 Å². The minimum Gasteiger partial charge on any atom is -0.309 e. The lowest BCUT2D eigenvalue weighted by atomic mass is 9.80. The summed E-state index contributed by atoms with van der Waals surface area (Å²) >= 11 is 0. The summed E-state index contributed by atoms with van der Waals surface area (Å²) in [4.78, 5) is 14.6. The number of Topliss-reactive ketones (excluding diaryl/α,β-unsaturated/α-hetero) is 1. The SMILES string of the molecule is CN(C)CC(CCc1ccccc1)C(=O)C(C)(C)C. The van der Waals surface area contributed by atoms with E-state index in [0.29, 0.717) is 5.78 Å². The van der Waals surface area contributed by atoms with Gasteiger partial charge in [-0.25, -0.2) is 0 Å². The van der Waals surface area contributed by atoms with Gasteiger partial charge in [0.05, 0.1) is 0 Å². The molecule has 19 heavy (non-hydrogen) atoms. The van der Waals surface area contributed by atoms with Crippen LogP contribution in [0.4, 0.5) is 0 Å². The van der Waals surface area contributed by atoms with Crippen LogP contribution in [0.5, 0.6) is 0 Å². The molecule has 0 aliphatic carbocycles. The van der Waals surface area contributed by atoms with Crippen molar-refractivity contribution in [1.29, 1.82) is 0 Å². The first-order valence-electron chi connectivity index (χ1n) is 7.03. The van der Waals surface area contributed by atoms with Crippen molar-refractivity contribution < 1.29 is 4.79 Å². The number of hydrogen-bond donors (Lipinski definition) is 0. The second-order valence-electron chi connectivity index (χ2n) is 6.60. The Bertz CT molecular complexity index is 389. The van der Waals surface area contributed by atoms with E-state index in [2.05, 4.69) is 29.2 Å². The molecule has 0 radical (unpaired) electrons. The van der Waals surface area contributed by atoms with Crippen molar-refractivity contribution in [3.05, 3.63) is 35.9 Å². The molecule has 0 aromatic heterocycles. The van der Waals surface area contributed by atoms with E-state index in [-0.39, 0.29) is 11.3 Å². The second-order valence-corrected chi connectivity index (χ2v) is 6.60. The highest BCUT2D eigenvalue weighted by Crippen LogP contribution is 2.24. The largest absolute Gasteiger partial charge is 0.309 e. The second kappa shape index (κ2) is 6.85. The van der Waals surface area contributed by atoms with Gasteiger partial charge in [-0.2, -0.15) is 0 Å². The van der Waals surface area contributed by atoms with E-state index in [4.69, 9.17) is 0 Å². The van der Waals surface area contributed by atoms with Gasteiger partial charge in [0, 0.05) is 17.9 Å². The summed E-state index contributed by atoms with van der Waals surface area (Å²) in [6.07, 6.45) is 1.90. The first-order chi connectivity index (χ1) is 8.80. The standard InChI is InChI=1S/C17H27NO/c1-17(2,3)16(19)15(13-18(4)5)12-11-14-9-7-6-8-10-14/h6-10,15H,11-13H2,1-5H3. The van der Waals surface area contributed by atoms with Crippen molar-refractivity contribution in [1.82, 2.24) is 4.90 Å². The van der Waals surface area contributed by atoms with E-state index < -0.39 is 0 Å². The van der Waals surface area contributed by atoms with Crippen LogP contribution >= 0.6 is 0 Å². The Balaban J connectivity index is 2.67. The van der Waals surface area contributed by atoms with E-state index in [9.17, 15) is 4.79 Å². The van der Waals surface area contributed by atoms with Gasteiger partial charge in [0.2, 0.25) is 0 Å². The first-order valence-corrected chi connectivity index (χ1v) is 7.03. The van der Waals surface area contributed by atoms with Crippen LogP contribution in [0.25, 0.3) is 0 Å². The Morgan fingerprint density at radius 2 is 1.74 bits per heavy atom. The summed E-state index contributed by atoms with van der Waals surface area (Å²) in [7, 11) is 4.07. The zero-order valence-electron chi connectivity index (χ0n) is 12.9. The number of rotatable bonds is 6. The van der Waals surface area contributed by atoms with Gasteiger partial charge in [0.1, 0.15) is 5.78 Å². The summed E-state index contributed by atoms with van der Waals surface area (Å²) in [5, 5.41) is 0. The molecule has 1 atom stereocenters. The monoisotopic (exact) mass is 261 g/mol. The molecule has 0 aliphatic rings. The molecule has 2 heteroatoms. The molecular weight excluding hydrogens is 234 g/mol. The molecule has 1 aromatic rings. The Labute approximate surface area is 117 Å². The van der Waals surface area contributed by atoms with Gasteiger partial charge in [-0.15, -0.1) is 0 Å². The van der Waals surface area contributed by atoms with Gasteiger partial charge in [-0.1, -0.05) is 51.1 Å². The van der Waals surface area contributed by atoms with Gasteiger partial charge in [0.25, 0.3) is 0 Å². The molecule has 1 rings (SSSR count). The molecular formula is C17H27NO. The minimum absolute atomic E-state index is 0.121. The van der Waals surface area contributed by atoms with E-state index in [1.165, 1.54) is 5.56 Å². The van der Waals surface area contributed by atoms with Crippen molar-refractivity contribution in [3.8, 4) is 0 Å². The van der Waals surface area contributed by atoms with Crippen molar-refractivity contribution in [2.75, 3.05) is 20.6 Å². The highest BCUT2D eigenvalue weighted by molar-refractivity contribution is 5.86. The number of carbonyl (C=O) groups excluding carboxylic acids is 1. The Morgan fingerprint density at radius 3 is 2.21 bits per heavy atom. The van der Waals surface area contributed by atoms with Gasteiger partial charge in [0.15, 0.2) is 0 Å². The fourth-order valence-electron chi connectivity index (χ4n) is 2.34. The summed E-state index contributed by atoms with van der Waals surface area (Å²) in [5.74, 6) is 0.493. The summed E-state index contributed by atoms with van der Waals surface area (Å²) in [5.41, 5.74) is 1.06. The van der Waals surface area contributed by atoms with Crippen LogP contribution in [0.15, 0.2) is 30.3 Å². The molecule has 0 N–H and O–H groups in total. The molecule has 0 spiro atoms. The van der Waals surface area contributed by atoms with E-state index in [0.717, 1.165) is 19.4 Å². The Morgan fingerprint density at radius 1 is 1.16 bits per heavy atom. The summed E-state index contributed by atoms with van der Waals surface area (Å²) in [6, 6.07) is 10.4. The highest BCUT2D eigenvalue weighted by Gasteiger charge is 2.29. The molecule has 1 aromatic carbocycles. The lowest BCUT2D eigenvalue weighted by Crippen LogP contribution is -2.35. The van der Waals surface area contributed by atoms with Crippen LogP contribution in [0.3, 0.4) is 0 Å². The predicted molar refractivity (Wildman–Crippen MR) is 81.3 cm³/mol. The molecule has 0 heterocycles. The summed E-state index contributed by atoms with van der Waals surface area (Å²) in [6.45, 7) is 6.88. The Kier molecular flexibility index (Phi) is 5.74. The highest BCUT2D eigenvalue weighted by atomic mass is 16.1. The number of carbonyl (C=O) groups is 1. The van der Waals surface area contributed by atoms with Crippen molar-refractivity contribution >= 4 is 5.78 Å².